The van der Waals surface area contributed by atoms with Gasteiger partial charge in [0.25, 0.3) is 5.91 Å². The van der Waals surface area contributed by atoms with E-state index >= 15 is 0 Å². The number of ether oxygens (including phenoxy) is 2. The molecule has 0 saturated heterocycles. The van der Waals surface area contributed by atoms with Crippen LogP contribution in [-0.2, 0) is 0 Å². The number of hydrogen-bond donors (Lipinski definition) is 1. The minimum Gasteiger partial charge on any atom is -0.493 e. The standard InChI is InChI=1S/C24H19ClN2O4/c1-29-20-12-11-17(13-21(20)30-2)27-23(28)18-5-3-4-6-19(18)24-26-14-22(31-24)15-7-9-16(25)10-8-15/h3-14H,1-2H3,(H,27,28). The fourth-order valence-corrected chi connectivity index (χ4v) is 3.25. The second-order valence-corrected chi connectivity index (χ2v) is 7.04. The molecule has 0 spiro atoms. The van der Waals surface area contributed by atoms with Crippen molar-refractivity contribution in [3.05, 3.63) is 83.5 Å². The Balaban J connectivity index is 1.62. The molecule has 1 N–H and O–H groups in total. The summed E-state index contributed by atoms with van der Waals surface area (Å²) >= 11 is 5.95. The van der Waals surface area contributed by atoms with Gasteiger partial charge in [-0.3, -0.25) is 4.79 Å². The van der Waals surface area contributed by atoms with Gasteiger partial charge in [-0.05, 0) is 48.5 Å². The first-order valence-electron chi connectivity index (χ1n) is 9.43. The van der Waals surface area contributed by atoms with Gasteiger partial charge in [0.1, 0.15) is 0 Å². The van der Waals surface area contributed by atoms with E-state index in [2.05, 4.69) is 10.3 Å². The number of amides is 1. The van der Waals surface area contributed by atoms with E-state index in [0.717, 1.165) is 5.56 Å². The number of aromatic nitrogens is 1. The lowest BCUT2D eigenvalue weighted by molar-refractivity contribution is 0.102. The summed E-state index contributed by atoms with van der Waals surface area (Å²) in [7, 11) is 3.10. The van der Waals surface area contributed by atoms with Crippen LogP contribution in [0.2, 0.25) is 5.02 Å². The van der Waals surface area contributed by atoms with Crippen molar-refractivity contribution in [2.45, 2.75) is 0 Å². The van der Waals surface area contributed by atoms with Gasteiger partial charge in [0.2, 0.25) is 5.89 Å². The Morgan fingerprint density at radius 3 is 2.45 bits per heavy atom. The Labute approximate surface area is 184 Å². The van der Waals surface area contributed by atoms with Crippen molar-refractivity contribution in [3.8, 4) is 34.3 Å². The van der Waals surface area contributed by atoms with E-state index in [9.17, 15) is 4.79 Å². The van der Waals surface area contributed by atoms with E-state index in [-0.39, 0.29) is 5.91 Å². The van der Waals surface area contributed by atoms with Gasteiger partial charge < -0.3 is 19.2 Å². The molecule has 0 atom stereocenters. The summed E-state index contributed by atoms with van der Waals surface area (Å²) in [5.41, 5.74) is 2.43. The summed E-state index contributed by atoms with van der Waals surface area (Å²) < 4.78 is 16.5. The minimum absolute atomic E-state index is 0.297. The van der Waals surface area contributed by atoms with Gasteiger partial charge in [0.15, 0.2) is 17.3 Å². The van der Waals surface area contributed by atoms with Gasteiger partial charge in [-0.1, -0.05) is 23.7 Å². The summed E-state index contributed by atoms with van der Waals surface area (Å²) in [6.07, 6.45) is 1.63. The van der Waals surface area contributed by atoms with Gasteiger partial charge in [-0.15, -0.1) is 0 Å². The number of oxazole rings is 1. The summed E-state index contributed by atoms with van der Waals surface area (Å²) in [6.45, 7) is 0. The van der Waals surface area contributed by atoms with E-state index in [0.29, 0.717) is 45.0 Å². The number of nitrogens with zero attached hydrogens (tertiary/aromatic N) is 1. The van der Waals surface area contributed by atoms with Crippen molar-refractivity contribution in [1.29, 1.82) is 0 Å². The molecule has 0 saturated carbocycles. The first-order valence-corrected chi connectivity index (χ1v) is 9.81. The van der Waals surface area contributed by atoms with Crippen LogP contribution < -0.4 is 14.8 Å². The Kier molecular flexibility index (Phi) is 5.91. The maximum absolute atomic E-state index is 13.0. The van der Waals surface area contributed by atoms with Crippen molar-refractivity contribution in [2.75, 3.05) is 19.5 Å². The minimum atomic E-state index is -0.297. The summed E-state index contributed by atoms with van der Waals surface area (Å²) in [5, 5.41) is 3.52. The molecule has 1 aromatic heterocycles. The van der Waals surface area contributed by atoms with Crippen molar-refractivity contribution >= 4 is 23.2 Å². The molecule has 0 aliphatic heterocycles. The van der Waals surface area contributed by atoms with Crippen molar-refractivity contribution < 1.29 is 18.7 Å². The number of rotatable bonds is 6. The van der Waals surface area contributed by atoms with E-state index in [1.807, 2.05) is 18.2 Å². The van der Waals surface area contributed by atoms with Crippen LogP contribution in [0.25, 0.3) is 22.8 Å². The zero-order chi connectivity index (χ0) is 21.8. The second kappa shape index (κ2) is 8.93. The van der Waals surface area contributed by atoms with Crippen LogP contribution in [0.3, 0.4) is 0 Å². The highest BCUT2D eigenvalue weighted by Crippen LogP contribution is 2.32. The Morgan fingerprint density at radius 2 is 1.71 bits per heavy atom. The molecule has 0 aliphatic carbocycles. The number of halogens is 1. The third-order valence-electron chi connectivity index (χ3n) is 4.68. The predicted molar refractivity (Wildman–Crippen MR) is 120 cm³/mol. The molecule has 0 radical (unpaired) electrons. The fourth-order valence-electron chi connectivity index (χ4n) is 3.13. The van der Waals surface area contributed by atoms with Crippen LogP contribution in [0.1, 0.15) is 10.4 Å². The quantitative estimate of drug-likeness (QED) is 0.407. The van der Waals surface area contributed by atoms with Crippen LogP contribution in [0.5, 0.6) is 11.5 Å². The van der Waals surface area contributed by atoms with Crippen LogP contribution in [-0.4, -0.2) is 25.1 Å². The monoisotopic (exact) mass is 434 g/mol. The first kappa shape index (κ1) is 20.5. The molecule has 6 nitrogen and oxygen atoms in total. The number of benzene rings is 3. The molecule has 31 heavy (non-hydrogen) atoms. The topological polar surface area (TPSA) is 73.6 Å². The van der Waals surface area contributed by atoms with Crippen LogP contribution in [0.4, 0.5) is 5.69 Å². The smallest absolute Gasteiger partial charge is 0.256 e. The highest BCUT2D eigenvalue weighted by Gasteiger charge is 2.18. The first-order chi connectivity index (χ1) is 15.1. The van der Waals surface area contributed by atoms with Crippen molar-refractivity contribution in [2.24, 2.45) is 0 Å². The van der Waals surface area contributed by atoms with E-state index in [1.54, 1.807) is 68.9 Å². The summed E-state index contributed by atoms with van der Waals surface area (Å²) in [5.74, 6) is 1.74. The molecule has 0 fully saturated rings. The number of methoxy groups -OCH3 is 2. The summed E-state index contributed by atoms with van der Waals surface area (Å²) in [4.78, 5) is 17.4. The number of carbonyl (C=O) groups excluding carboxylic acids is 1. The third-order valence-corrected chi connectivity index (χ3v) is 4.93. The molecular formula is C24H19ClN2O4. The third kappa shape index (κ3) is 4.39. The van der Waals surface area contributed by atoms with Gasteiger partial charge in [-0.2, -0.15) is 0 Å². The number of hydrogen-bond acceptors (Lipinski definition) is 5. The average molecular weight is 435 g/mol. The van der Waals surface area contributed by atoms with E-state index in [4.69, 9.17) is 25.5 Å². The molecule has 156 valence electrons. The molecule has 3 aromatic carbocycles. The molecule has 7 heteroatoms. The van der Waals surface area contributed by atoms with E-state index in [1.165, 1.54) is 0 Å². The number of anilines is 1. The molecular weight excluding hydrogens is 416 g/mol. The predicted octanol–water partition coefficient (Wildman–Crippen LogP) is 5.93. The van der Waals surface area contributed by atoms with E-state index < -0.39 is 0 Å². The maximum atomic E-state index is 13.0. The zero-order valence-electron chi connectivity index (χ0n) is 16.9. The summed E-state index contributed by atoms with van der Waals surface area (Å²) in [6, 6.07) is 19.6. The molecule has 0 bridgehead atoms. The van der Waals surface area contributed by atoms with Crippen molar-refractivity contribution in [1.82, 2.24) is 4.98 Å². The lowest BCUT2D eigenvalue weighted by atomic mass is 10.1. The second-order valence-electron chi connectivity index (χ2n) is 6.61. The molecule has 1 amide bonds. The molecule has 4 rings (SSSR count). The lowest BCUT2D eigenvalue weighted by Crippen LogP contribution is -2.13. The normalized spacial score (nSPS) is 10.5. The highest BCUT2D eigenvalue weighted by atomic mass is 35.5. The largest absolute Gasteiger partial charge is 0.493 e. The Bertz CT molecular complexity index is 1220. The highest BCUT2D eigenvalue weighted by molar-refractivity contribution is 6.30. The van der Waals surface area contributed by atoms with Gasteiger partial charge in [-0.25, -0.2) is 4.98 Å². The average Bonchev–Trinajstić information content (AvgIpc) is 3.29. The molecule has 0 aliphatic rings. The van der Waals surface area contributed by atoms with Crippen molar-refractivity contribution in [3.63, 3.8) is 0 Å². The number of nitrogens with one attached hydrogen (secondary N) is 1. The fraction of sp³-hybridized carbons (Fsp3) is 0.0833. The Morgan fingerprint density at radius 1 is 0.968 bits per heavy atom. The van der Waals surface area contributed by atoms with Gasteiger partial charge >= 0.3 is 0 Å². The Hall–Kier alpha value is -3.77. The van der Waals surface area contributed by atoms with Gasteiger partial charge in [0.05, 0.1) is 26.0 Å². The van der Waals surface area contributed by atoms with Crippen LogP contribution >= 0.6 is 11.6 Å². The SMILES string of the molecule is COc1ccc(NC(=O)c2ccccc2-c2ncc(-c3ccc(Cl)cc3)o2)cc1OC. The molecule has 4 aromatic rings. The molecule has 1 heterocycles. The zero-order valence-corrected chi connectivity index (χ0v) is 17.6. The lowest BCUT2D eigenvalue weighted by Gasteiger charge is -2.11. The van der Waals surface area contributed by atoms with Crippen LogP contribution in [0.15, 0.2) is 77.3 Å². The van der Waals surface area contributed by atoms with Crippen LogP contribution in [0, 0.1) is 0 Å². The number of carbonyl (C=O) groups is 1. The van der Waals surface area contributed by atoms with Gasteiger partial charge in [0, 0.05) is 27.9 Å². The molecule has 0 unspecified atom stereocenters. The maximum Gasteiger partial charge on any atom is 0.256 e.